The van der Waals surface area contributed by atoms with Crippen LogP contribution in [-0.2, 0) is 42.2 Å². The Labute approximate surface area is 313 Å². The molecule has 0 radical (unpaired) electrons. The fourth-order valence-corrected chi connectivity index (χ4v) is 5.55. The lowest BCUT2D eigenvalue weighted by Gasteiger charge is -2.22. The van der Waals surface area contributed by atoms with Gasteiger partial charge in [-0.05, 0) is 54.0 Å². The van der Waals surface area contributed by atoms with Gasteiger partial charge in [0.15, 0.2) is 0 Å². The van der Waals surface area contributed by atoms with Gasteiger partial charge in [-0.15, -0.1) is 0 Å². The van der Waals surface area contributed by atoms with Gasteiger partial charge in [-0.25, -0.2) is 13.6 Å². The van der Waals surface area contributed by atoms with Gasteiger partial charge in [-0.3, -0.25) is 28.0 Å². The Morgan fingerprint density at radius 3 is 1.79 bits per heavy atom. The van der Waals surface area contributed by atoms with Crippen LogP contribution >= 0.6 is 8.60 Å². The maximum atomic E-state index is 14.6. The molecule has 0 amide bonds. The summed E-state index contributed by atoms with van der Waals surface area (Å²) in [6, 6.07) is 1.20. The number of nitrogens with zero attached hydrogens (tertiary/aromatic N) is 2. The smallest absolute Gasteiger partial charge is 0.351 e. The molecule has 0 aliphatic carbocycles. The van der Waals surface area contributed by atoms with E-state index in [0.717, 1.165) is 19.0 Å². The van der Waals surface area contributed by atoms with Gasteiger partial charge in [-0.1, -0.05) is 77.6 Å². The quantitative estimate of drug-likeness (QED) is 0.0468. The summed E-state index contributed by atoms with van der Waals surface area (Å²) in [5, 5.41) is 8.47. The van der Waals surface area contributed by atoms with Crippen LogP contribution in [0.1, 0.15) is 145 Å². The van der Waals surface area contributed by atoms with Gasteiger partial charge in [0.25, 0.3) is 5.92 Å². The Morgan fingerprint density at radius 1 is 0.887 bits per heavy atom. The summed E-state index contributed by atoms with van der Waals surface area (Å²) < 4.78 is 61.2. The minimum atomic E-state index is -3.41. The van der Waals surface area contributed by atoms with Gasteiger partial charge in [0.2, 0.25) is 19.8 Å². The number of anilines is 1. The van der Waals surface area contributed by atoms with Crippen molar-refractivity contribution in [1.29, 1.82) is 0 Å². The fraction of sp³-hybridized carbons (Fsp3) is 0.806. The van der Waals surface area contributed by atoms with Crippen LogP contribution in [-0.4, -0.2) is 64.8 Å². The van der Waals surface area contributed by atoms with E-state index >= 15 is 0 Å². The first kappa shape index (κ1) is 48.2. The van der Waals surface area contributed by atoms with Crippen molar-refractivity contribution in [2.45, 2.75) is 157 Å². The van der Waals surface area contributed by atoms with Crippen LogP contribution in [0.2, 0.25) is 0 Å². The molecular formula is C36H62F2N3O11P. The van der Waals surface area contributed by atoms with Gasteiger partial charge in [-0.2, -0.15) is 4.98 Å². The molecule has 306 valence electrons. The van der Waals surface area contributed by atoms with Gasteiger partial charge in [0.1, 0.15) is 5.82 Å². The van der Waals surface area contributed by atoms with Crippen LogP contribution in [0.3, 0.4) is 0 Å². The van der Waals surface area contributed by atoms with Crippen molar-refractivity contribution >= 4 is 32.3 Å². The molecule has 1 aliphatic heterocycles. The van der Waals surface area contributed by atoms with Gasteiger partial charge in [0.05, 0.1) is 23.5 Å². The molecule has 3 N–H and O–H groups in total. The number of carboxylic acid groups (broad SMARTS) is 1. The SMILES string of the molecule is CC(C)(C)C(=O)OCOP(OCOC(=O)C(C)(C)C)OCC1CC(F)(F)C(n2ccc(N)nc2=O)O1.CCCCCCCCCCCCCCC(=O)O. The second-order valence-electron chi connectivity index (χ2n) is 15.0. The number of hydrogen-bond donors (Lipinski definition) is 2. The zero-order valence-corrected chi connectivity index (χ0v) is 33.4. The third-order valence-corrected chi connectivity index (χ3v) is 8.81. The number of carboxylic acids is 1. The number of nitrogen functional groups attached to an aromatic ring is 1. The molecule has 1 fully saturated rings. The Bertz CT molecular complexity index is 1260. The van der Waals surface area contributed by atoms with E-state index in [1.165, 1.54) is 70.3 Å². The van der Waals surface area contributed by atoms with Crippen LogP contribution in [0.5, 0.6) is 0 Å². The van der Waals surface area contributed by atoms with Crippen molar-refractivity contribution in [1.82, 2.24) is 9.55 Å². The standard InChI is InChI=1S/C21H32F2N3O9P.C15H30O2/c1-19(2,3)16(27)30-11-33-36(34-12-31-17(28)20(4,5)6)32-10-13-9-21(22,23)15(35-13)26-8-7-14(24)25-18(26)29;1-2-3-4-5-6-7-8-9-10-11-12-13-14-15(16)17/h7-8,13,15H,9-12H2,1-6H3,(H2,24,25,29);2-14H2,1H3,(H,16,17). The molecule has 14 nitrogen and oxygen atoms in total. The summed E-state index contributed by atoms with van der Waals surface area (Å²) >= 11 is 0. The molecule has 2 rings (SSSR count). The first-order chi connectivity index (χ1) is 24.8. The molecule has 53 heavy (non-hydrogen) atoms. The monoisotopic (exact) mass is 781 g/mol. The molecule has 1 aromatic rings. The number of carbonyl (C=O) groups excluding carboxylic acids is 2. The summed E-state index contributed by atoms with van der Waals surface area (Å²) in [5.74, 6) is -5.29. The molecule has 2 atom stereocenters. The normalized spacial score (nSPS) is 16.9. The van der Waals surface area contributed by atoms with E-state index in [-0.39, 0.29) is 5.82 Å². The fourth-order valence-electron chi connectivity index (χ4n) is 4.76. The largest absolute Gasteiger partial charge is 0.481 e. The van der Waals surface area contributed by atoms with Crippen LogP contribution in [0.25, 0.3) is 0 Å². The summed E-state index contributed by atoms with van der Waals surface area (Å²) in [6.45, 7) is 10.6. The number of esters is 2. The van der Waals surface area contributed by atoms with Crippen molar-refractivity contribution in [3.8, 4) is 0 Å². The average molecular weight is 782 g/mol. The Balaban J connectivity index is 0.000000695. The first-order valence-electron chi connectivity index (χ1n) is 18.4. The lowest BCUT2D eigenvalue weighted by Crippen LogP contribution is -2.35. The maximum Gasteiger partial charge on any atom is 0.351 e. The van der Waals surface area contributed by atoms with E-state index in [0.29, 0.717) is 11.0 Å². The minimum Gasteiger partial charge on any atom is -0.481 e. The lowest BCUT2D eigenvalue weighted by atomic mass is 9.98. The van der Waals surface area contributed by atoms with Crippen molar-refractivity contribution in [3.63, 3.8) is 0 Å². The van der Waals surface area contributed by atoms with E-state index in [2.05, 4.69) is 11.9 Å². The molecule has 0 spiro atoms. The topological polar surface area (TPSA) is 188 Å². The highest BCUT2D eigenvalue weighted by Gasteiger charge is 2.52. The lowest BCUT2D eigenvalue weighted by molar-refractivity contribution is -0.162. The summed E-state index contributed by atoms with van der Waals surface area (Å²) in [5.41, 5.74) is 2.84. The number of alkyl halides is 2. The molecule has 1 aromatic heterocycles. The highest BCUT2D eigenvalue weighted by Crippen LogP contribution is 2.45. The molecular weight excluding hydrogens is 719 g/mol. The molecule has 2 unspecified atom stereocenters. The van der Waals surface area contributed by atoms with Crippen LogP contribution < -0.4 is 11.4 Å². The van der Waals surface area contributed by atoms with Gasteiger partial charge >= 0.3 is 32.2 Å². The molecule has 0 aromatic carbocycles. The third-order valence-electron chi connectivity index (χ3n) is 7.82. The van der Waals surface area contributed by atoms with E-state index in [4.69, 9.17) is 38.6 Å². The third kappa shape index (κ3) is 21.0. The molecule has 2 heterocycles. The number of aromatic nitrogens is 2. The number of ether oxygens (including phenoxy) is 3. The first-order valence-corrected chi connectivity index (χ1v) is 19.5. The van der Waals surface area contributed by atoms with Crippen LogP contribution in [0.4, 0.5) is 14.6 Å². The number of hydrogen-bond acceptors (Lipinski definition) is 12. The summed E-state index contributed by atoms with van der Waals surface area (Å²) in [4.78, 5) is 49.6. The molecule has 17 heteroatoms. The summed E-state index contributed by atoms with van der Waals surface area (Å²) in [7, 11) is -2.30. The number of nitrogens with two attached hydrogens (primary N) is 1. The number of rotatable bonds is 23. The molecule has 0 saturated carbocycles. The maximum absolute atomic E-state index is 14.6. The van der Waals surface area contributed by atoms with Crippen molar-refractivity contribution in [3.05, 3.63) is 22.7 Å². The van der Waals surface area contributed by atoms with Crippen molar-refractivity contribution < 1.29 is 56.1 Å². The van der Waals surface area contributed by atoms with E-state index in [1.807, 2.05) is 0 Å². The number of carbonyl (C=O) groups is 3. The van der Waals surface area contributed by atoms with Crippen LogP contribution in [0.15, 0.2) is 17.1 Å². The predicted molar refractivity (Wildman–Crippen MR) is 196 cm³/mol. The second kappa shape index (κ2) is 24.6. The highest BCUT2D eigenvalue weighted by molar-refractivity contribution is 7.41. The second-order valence-corrected chi connectivity index (χ2v) is 16.2. The van der Waals surface area contributed by atoms with Gasteiger partial charge in [0, 0.05) is 19.0 Å². The number of aliphatic carboxylic acids is 1. The zero-order valence-electron chi connectivity index (χ0n) is 32.5. The Hall–Kier alpha value is -2.78. The number of halogens is 2. The molecule has 1 aliphatic rings. The van der Waals surface area contributed by atoms with E-state index in [1.54, 1.807) is 41.5 Å². The van der Waals surface area contributed by atoms with E-state index in [9.17, 15) is 28.0 Å². The van der Waals surface area contributed by atoms with Crippen molar-refractivity contribution in [2.75, 3.05) is 25.9 Å². The van der Waals surface area contributed by atoms with Gasteiger partial charge < -0.3 is 29.6 Å². The average Bonchev–Trinajstić information content (AvgIpc) is 3.36. The molecule has 0 bridgehead atoms. The predicted octanol–water partition coefficient (Wildman–Crippen LogP) is 8.28. The zero-order chi connectivity index (χ0) is 40.1. The summed E-state index contributed by atoms with van der Waals surface area (Å²) in [6.07, 6.45) is 13.0. The Morgan fingerprint density at radius 2 is 1.36 bits per heavy atom. The minimum absolute atomic E-state index is 0.114. The van der Waals surface area contributed by atoms with E-state index < -0.39 is 87.9 Å². The Kier molecular flexibility index (Phi) is 22.4. The molecule has 1 saturated heterocycles. The number of unbranched alkanes of at least 4 members (excludes halogenated alkanes) is 11. The van der Waals surface area contributed by atoms with Crippen molar-refractivity contribution in [2.24, 2.45) is 10.8 Å². The van der Waals surface area contributed by atoms with Crippen LogP contribution in [0, 0.1) is 10.8 Å². The highest BCUT2D eigenvalue weighted by atomic mass is 31.2.